The fourth-order valence-corrected chi connectivity index (χ4v) is 4.36. The average Bonchev–Trinajstić information content (AvgIpc) is 2.61. The molecule has 1 aliphatic carbocycles. The zero-order valence-corrected chi connectivity index (χ0v) is 16.1. The van der Waals surface area contributed by atoms with Crippen LogP contribution in [0.5, 0.6) is 0 Å². The molecule has 2 bridgehead atoms. The summed E-state index contributed by atoms with van der Waals surface area (Å²) in [4.78, 5) is 11.7. The second kappa shape index (κ2) is 8.70. The van der Waals surface area contributed by atoms with Crippen LogP contribution in [0.2, 0.25) is 0 Å². The van der Waals surface area contributed by atoms with Gasteiger partial charge in [-0.15, -0.1) is 23.5 Å². The van der Waals surface area contributed by atoms with Gasteiger partial charge >= 0.3 is 0 Å². The van der Waals surface area contributed by atoms with Crippen LogP contribution in [0.25, 0.3) is 0 Å². The number of halogens is 1. The highest BCUT2D eigenvalue weighted by Crippen LogP contribution is 2.33. The van der Waals surface area contributed by atoms with E-state index in [9.17, 15) is 0 Å². The van der Waals surface area contributed by atoms with E-state index in [1.54, 1.807) is 23.5 Å². The molecule has 116 valence electrons. The van der Waals surface area contributed by atoms with Gasteiger partial charge in [-0.1, -0.05) is 42.5 Å². The molecule has 0 fully saturated rings. The fourth-order valence-electron chi connectivity index (χ4n) is 2.01. The maximum Gasteiger partial charge on any atom is 0.119 e. The van der Waals surface area contributed by atoms with E-state index in [0.29, 0.717) is 0 Å². The Morgan fingerprint density at radius 2 is 1.52 bits per heavy atom. The first-order valence-corrected chi connectivity index (χ1v) is 10.2. The third kappa shape index (κ3) is 5.22. The van der Waals surface area contributed by atoms with Crippen LogP contribution in [-0.4, -0.2) is 9.97 Å². The molecule has 0 atom stereocenters. The second-order valence-electron chi connectivity index (χ2n) is 4.79. The molecule has 0 amide bonds. The van der Waals surface area contributed by atoms with Gasteiger partial charge in [0.2, 0.25) is 0 Å². The predicted molar refractivity (Wildman–Crippen MR) is 110 cm³/mol. The Morgan fingerprint density at radius 3 is 2.39 bits per heavy atom. The Bertz CT molecular complexity index is 758. The van der Waals surface area contributed by atoms with Crippen LogP contribution < -0.4 is 0 Å². The maximum atomic E-state index is 4.67. The highest BCUT2D eigenvalue weighted by atomic mass is 127. The molecule has 2 heterocycles. The molecular weight excluding hydrogens is 435 g/mol. The topological polar surface area (TPSA) is 25.8 Å². The smallest absolute Gasteiger partial charge is 0.119 e. The Kier molecular flexibility index (Phi) is 6.36. The van der Waals surface area contributed by atoms with Gasteiger partial charge in [0.15, 0.2) is 0 Å². The van der Waals surface area contributed by atoms with Gasteiger partial charge in [-0.3, -0.25) is 4.98 Å². The molecule has 0 saturated carbocycles. The van der Waals surface area contributed by atoms with E-state index in [-0.39, 0.29) is 0 Å². The third-order valence-corrected chi connectivity index (χ3v) is 5.65. The Labute approximate surface area is 158 Å². The highest BCUT2D eigenvalue weighted by Gasteiger charge is 2.12. The first kappa shape index (κ1) is 16.8. The quantitative estimate of drug-likeness (QED) is 0.483. The van der Waals surface area contributed by atoms with Crippen molar-refractivity contribution in [1.82, 2.24) is 9.97 Å². The van der Waals surface area contributed by atoms with Crippen molar-refractivity contribution in [2.75, 3.05) is 0 Å². The van der Waals surface area contributed by atoms with E-state index < -0.39 is 0 Å². The summed E-state index contributed by atoms with van der Waals surface area (Å²) in [6.07, 6.45) is 22.7. The fraction of sp³-hybridized carbons (Fsp3) is 0.111. The van der Waals surface area contributed by atoms with Gasteiger partial charge < -0.3 is 0 Å². The van der Waals surface area contributed by atoms with Crippen molar-refractivity contribution in [1.29, 1.82) is 0 Å². The number of thioether (sulfide) groups is 2. The summed E-state index contributed by atoms with van der Waals surface area (Å²) < 4.78 is 0.950. The molecule has 3 rings (SSSR count). The minimum atomic E-state index is 0.850. The monoisotopic (exact) mass is 450 g/mol. The van der Waals surface area contributed by atoms with Crippen molar-refractivity contribution >= 4 is 46.1 Å². The average molecular weight is 450 g/mol. The Balaban J connectivity index is 1.96. The first-order valence-electron chi connectivity index (χ1n) is 7.17. The van der Waals surface area contributed by atoms with Gasteiger partial charge in [0.1, 0.15) is 3.70 Å². The molecule has 23 heavy (non-hydrogen) atoms. The van der Waals surface area contributed by atoms with Crippen LogP contribution in [0.4, 0.5) is 0 Å². The van der Waals surface area contributed by atoms with Crippen LogP contribution in [0.1, 0.15) is 11.4 Å². The number of allylic oxidation sites excluding steroid dienone is 10. The second-order valence-corrected chi connectivity index (χ2v) is 8.00. The molecule has 1 aliphatic heterocycles. The van der Waals surface area contributed by atoms with Crippen molar-refractivity contribution < 1.29 is 0 Å². The van der Waals surface area contributed by atoms with Crippen molar-refractivity contribution in [2.45, 2.75) is 11.5 Å². The maximum absolute atomic E-state index is 4.67. The number of fused-ring (bicyclic) bond motifs is 2. The van der Waals surface area contributed by atoms with Gasteiger partial charge in [0, 0.05) is 21.3 Å². The highest BCUT2D eigenvalue weighted by molar-refractivity contribution is 14.1. The molecule has 0 spiro atoms. The normalized spacial score (nSPS) is 27.9. The Morgan fingerprint density at radius 1 is 0.826 bits per heavy atom. The lowest BCUT2D eigenvalue weighted by molar-refractivity contribution is 1.00. The molecule has 1 aromatic rings. The molecule has 0 saturated heterocycles. The standard InChI is InChI=1S/C18H15IN2S2/c19-18-11-20-16-12-22-14-8-6-4-2-1-3-5-7-9-15(10-14)23-13-17(16)21-18/h1-11H,12-13H2/b2-1?,3-1-,4-2-,5-3?,6-4?,7-5-,8-6+,9-7?,14-8?,14-10+,15-9-,15-10?. The number of rotatable bonds is 0. The molecular formula is C18H15IN2S2. The van der Waals surface area contributed by atoms with Crippen molar-refractivity contribution in [3.8, 4) is 0 Å². The summed E-state index contributed by atoms with van der Waals surface area (Å²) in [5.41, 5.74) is 2.17. The molecule has 2 nitrogen and oxygen atoms in total. The zero-order valence-electron chi connectivity index (χ0n) is 12.4. The third-order valence-electron chi connectivity index (χ3n) is 3.13. The Hall–Kier alpha value is -1.05. The van der Waals surface area contributed by atoms with Gasteiger partial charge in [-0.05, 0) is 40.8 Å². The van der Waals surface area contributed by atoms with Gasteiger partial charge in [0.05, 0.1) is 17.6 Å². The number of nitrogens with zero attached hydrogens (tertiary/aromatic N) is 2. The first-order chi connectivity index (χ1) is 11.3. The molecule has 0 unspecified atom stereocenters. The summed E-state index contributed by atoms with van der Waals surface area (Å²) in [6.45, 7) is 0. The van der Waals surface area contributed by atoms with E-state index in [4.69, 9.17) is 0 Å². The molecule has 2 aliphatic rings. The molecule has 0 aromatic carbocycles. The summed E-state index contributed by atoms with van der Waals surface area (Å²) in [7, 11) is 0. The minimum Gasteiger partial charge on any atom is -0.256 e. The number of hydrogen-bond acceptors (Lipinski definition) is 4. The molecule has 1 aromatic heterocycles. The van der Waals surface area contributed by atoms with Crippen molar-refractivity contribution in [3.63, 3.8) is 0 Å². The van der Waals surface area contributed by atoms with Crippen LogP contribution in [-0.2, 0) is 11.5 Å². The van der Waals surface area contributed by atoms with Crippen LogP contribution >= 0.6 is 46.1 Å². The van der Waals surface area contributed by atoms with E-state index in [1.165, 1.54) is 9.81 Å². The van der Waals surface area contributed by atoms with Gasteiger partial charge in [0.25, 0.3) is 0 Å². The van der Waals surface area contributed by atoms with E-state index in [2.05, 4.69) is 62.9 Å². The van der Waals surface area contributed by atoms with E-state index >= 15 is 0 Å². The van der Waals surface area contributed by atoms with E-state index in [1.807, 2.05) is 36.6 Å². The van der Waals surface area contributed by atoms with Crippen molar-refractivity contribution in [3.05, 3.63) is 91.9 Å². The molecule has 5 heteroatoms. The molecule has 0 N–H and O–H groups in total. The number of aromatic nitrogens is 2. The lowest BCUT2D eigenvalue weighted by atomic mass is 10.3. The summed E-state index contributed by atoms with van der Waals surface area (Å²) in [5.74, 6) is 1.70. The van der Waals surface area contributed by atoms with Crippen LogP contribution in [0, 0.1) is 3.70 Å². The number of hydrogen-bond donors (Lipinski definition) is 0. The van der Waals surface area contributed by atoms with E-state index in [0.717, 1.165) is 26.6 Å². The minimum absolute atomic E-state index is 0.850. The zero-order chi connectivity index (χ0) is 15.9. The van der Waals surface area contributed by atoms with Crippen molar-refractivity contribution in [2.24, 2.45) is 0 Å². The van der Waals surface area contributed by atoms with Gasteiger partial charge in [-0.25, -0.2) is 4.98 Å². The largest absolute Gasteiger partial charge is 0.256 e. The predicted octanol–water partition coefficient (Wildman–Crippen LogP) is 5.57. The lowest BCUT2D eigenvalue weighted by Crippen LogP contribution is -2.00. The van der Waals surface area contributed by atoms with Gasteiger partial charge in [-0.2, -0.15) is 0 Å². The SMILES string of the molecule is Ic1cnc2c(n1)CSC1=C\C=C/C=C\C=C/C=C/C(=C\1)SC2. The summed E-state index contributed by atoms with van der Waals surface area (Å²) in [6, 6.07) is 0. The van der Waals surface area contributed by atoms with Crippen LogP contribution in [0.3, 0.4) is 0 Å². The summed E-state index contributed by atoms with van der Waals surface area (Å²) in [5, 5.41) is 0. The molecule has 0 radical (unpaired) electrons. The van der Waals surface area contributed by atoms with Crippen LogP contribution in [0.15, 0.2) is 76.8 Å². The lowest BCUT2D eigenvalue weighted by Gasteiger charge is -2.06. The summed E-state index contributed by atoms with van der Waals surface area (Å²) >= 11 is 5.84.